The first kappa shape index (κ1) is 17.9. The molecule has 1 unspecified atom stereocenters. The molecule has 0 bridgehead atoms. The first-order valence-electron chi connectivity index (χ1n) is 8.09. The highest BCUT2D eigenvalue weighted by Crippen LogP contribution is 2.31. The summed E-state index contributed by atoms with van der Waals surface area (Å²) in [5, 5.41) is 2.01. The Kier molecular flexibility index (Phi) is 5.11. The van der Waals surface area contributed by atoms with Crippen LogP contribution in [0.1, 0.15) is 17.4 Å². The average Bonchev–Trinajstić information content (AvgIpc) is 3.23. The SMILES string of the molecule is C=C(C)C1CN(S(=O)(=O)c2ccc(C)cc2)CC1=C=Cc1cccs1. The van der Waals surface area contributed by atoms with Crippen LogP contribution >= 0.6 is 11.3 Å². The topological polar surface area (TPSA) is 37.4 Å². The number of thiophene rings is 1. The molecule has 0 amide bonds. The molecule has 0 aliphatic carbocycles. The van der Waals surface area contributed by atoms with Crippen molar-refractivity contribution in [1.82, 2.24) is 4.31 Å². The lowest BCUT2D eigenvalue weighted by atomic mass is 9.97. The van der Waals surface area contributed by atoms with E-state index in [9.17, 15) is 8.42 Å². The molecule has 2 aromatic rings. The average molecular weight is 372 g/mol. The molecule has 5 heteroatoms. The molecule has 1 atom stereocenters. The quantitative estimate of drug-likeness (QED) is 0.586. The molecule has 1 fully saturated rings. The van der Waals surface area contributed by atoms with Gasteiger partial charge < -0.3 is 0 Å². The largest absolute Gasteiger partial charge is 0.243 e. The van der Waals surface area contributed by atoms with Crippen molar-refractivity contribution in [2.45, 2.75) is 18.7 Å². The molecule has 3 rings (SSSR count). The third-order valence-corrected chi connectivity index (χ3v) is 7.00. The highest BCUT2D eigenvalue weighted by molar-refractivity contribution is 7.89. The minimum atomic E-state index is -3.51. The van der Waals surface area contributed by atoms with Gasteiger partial charge in [0.2, 0.25) is 10.0 Å². The van der Waals surface area contributed by atoms with Crippen LogP contribution in [0, 0.1) is 12.8 Å². The summed E-state index contributed by atoms with van der Waals surface area (Å²) >= 11 is 1.63. The second-order valence-corrected chi connectivity index (χ2v) is 9.26. The minimum absolute atomic E-state index is 0.0106. The lowest BCUT2D eigenvalue weighted by Gasteiger charge is -2.16. The highest BCUT2D eigenvalue weighted by Gasteiger charge is 2.36. The summed E-state index contributed by atoms with van der Waals surface area (Å²) in [5.41, 5.74) is 6.29. The smallest absolute Gasteiger partial charge is 0.207 e. The van der Waals surface area contributed by atoms with Crippen molar-refractivity contribution in [3.63, 3.8) is 0 Å². The van der Waals surface area contributed by atoms with Gasteiger partial charge in [-0.2, -0.15) is 4.31 Å². The number of benzene rings is 1. The van der Waals surface area contributed by atoms with Crippen molar-refractivity contribution >= 4 is 27.4 Å². The van der Waals surface area contributed by atoms with Crippen LogP contribution in [-0.2, 0) is 10.0 Å². The molecule has 3 nitrogen and oxygen atoms in total. The second-order valence-electron chi connectivity index (χ2n) is 6.34. The van der Waals surface area contributed by atoms with E-state index >= 15 is 0 Å². The predicted octanol–water partition coefficient (Wildman–Crippen LogP) is 4.49. The van der Waals surface area contributed by atoms with Gasteiger partial charge in [-0.15, -0.1) is 17.1 Å². The van der Waals surface area contributed by atoms with Crippen LogP contribution in [0.4, 0.5) is 0 Å². The maximum absolute atomic E-state index is 12.9. The molecule has 0 spiro atoms. The van der Waals surface area contributed by atoms with Gasteiger partial charge in [0.1, 0.15) is 0 Å². The van der Waals surface area contributed by atoms with Crippen molar-refractivity contribution in [3.05, 3.63) is 75.7 Å². The summed E-state index contributed by atoms with van der Waals surface area (Å²) in [6.45, 7) is 8.71. The van der Waals surface area contributed by atoms with Crippen LogP contribution in [-0.4, -0.2) is 25.8 Å². The van der Waals surface area contributed by atoms with Gasteiger partial charge >= 0.3 is 0 Å². The van der Waals surface area contributed by atoms with E-state index in [2.05, 4.69) is 12.3 Å². The highest BCUT2D eigenvalue weighted by atomic mass is 32.2. The zero-order valence-electron chi connectivity index (χ0n) is 14.4. The molecule has 0 N–H and O–H groups in total. The molecular formula is C20H21NO2S2. The maximum Gasteiger partial charge on any atom is 0.243 e. The molecule has 130 valence electrons. The second kappa shape index (κ2) is 7.14. The number of hydrogen-bond acceptors (Lipinski definition) is 3. The summed E-state index contributed by atoms with van der Waals surface area (Å²) in [7, 11) is -3.51. The summed E-state index contributed by atoms with van der Waals surface area (Å²) in [6, 6.07) is 11.0. The van der Waals surface area contributed by atoms with Crippen LogP contribution in [0.25, 0.3) is 6.08 Å². The fourth-order valence-electron chi connectivity index (χ4n) is 2.86. The van der Waals surface area contributed by atoms with E-state index in [1.807, 2.05) is 49.6 Å². The first-order chi connectivity index (χ1) is 11.9. The van der Waals surface area contributed by atoms with Gasteiger partial charge in [0.25, 0.3) is 0 Å². The Labute approximate surface area is 153 Å². The van der Waals surface area contributed by atoms with Crippen molar-refractivity contribution in [2.24, 2.45) is 5.92 Å². The molecule has 0 saturated carbocycles. The monoisotopic (exact) mass is 371 g/mol. The van der Waals surface area contributed by atoms with Gasteiger partial charge in [0.05, 0.1) is 4.90 Å². The number of sulfonamides is 1. The molecule has 1 aliphatic rings. The van der Waals surface area contributed by atoms with E-state index in [-0.39, 0.29) is 5.92 Å². The van der Waals surface area contributed by atoms with Crippen LogP contribution in [0.5, 0.6) is 0 Å². The van der Waals surface area contributed by atoms with Gasteiger partial charge in [-0.1, -0.05) is 35.9 Å². The normalized spacial score (nSPS) is 18.2. The summed E-state index contributed by atoms with van der Waals surface area (Å²) < 4.78 is 27.4. The molecule has 1 aromatic heterocycles. The van der Waals surface area contributed by atoms with Crippen LogP contribution < -0.4 is 0 Å². The Bertz CT molecular complexity index is 932. The van der Waals surface area contributed by atoms with E-state index in [0.717, 1.165) is 21.6 Å². The fraction of sp³-hybridized carbons (Fsp3) is 0.250. The molecule has 1 aliphatic heterocycles. The van der Waals surface area contributed by atoms with Crippen molar-refractivity contribution in [1.29, 1.82) is 0 Å². The standard InChI is InChI=1S/C20H21NO2S2/c1-15(2)20-14-21(13-17(20)8-9-18-5-4-12-24-18)25(22,23)19-10-6-16(3)7-11-19/h4-7,9-12,20H,1,13-14H2,2-3H3. The lowest BCUT2D eigenvalue weighted by molar-refractivity contribution is 0.468. The number of nitrogens with zero attached hydrogens (tertiary/aromatic N) is 1. The molecule has 1 aromatic carbocycles. The Morgan fingerprint density at radius 2 is 2.04 bits per heavy atom. The molecule has 0 radical (unpaired) electrons. The van der Waals surface area contributed by atoms with Crippen LogP contribution in [0.3, 0.4) is 0 Å². The summed E-state index contributed by atoms with van der Waals surface area (Å²) in [4.78, 5) is 1.44. The van der Waals surface area contributed by atoms with Gasteiger partial charge in [0.15, 0.2) is 0 Å². The van der Waals surface area contributed by atoms with E-state index in [0.29, 0.717) is 18.0 Å². The van der Waals surface area contributed by atoms with Gasteiger partial charge in [0, 0.05) is 23.9 Å². The third kappa shape index (κ3) is 3.86. The molecular weight excluding hydrogens is 350 g/mol. The van der Waals surface area contributed by atoms with E-state index in [4.69, 9.17) is 0 Å². The Balaban J connectivity index is 1.93. The van der Waals surface area contributed by atoms with Gasteiger partial charge in [-0.25, -0.2) is 8.42 Å². The van der Waals surface area contributed by atoms with E-state index in [1.165, 1.54) is 4.31 Å². The Morgan fingerprint density at radius 3 is 2.64 bits per heavy atom. The van der Waals surface area contributed by atoms with Crippen LogP contribution in [0.2, 0.25) is 0 Å². The first-order valence-corrected chi connectivity index (χ1v) is 10.4. The molecule has 2 heterocycles. The fourth-order valence-corrected chi connectivity index (χ4v) is 4.89. The Morgan fingerprint density at radius 1 is 1.32 bits per heavy atom. The molecule has 1 saturated heterocycles. The van der Waals surface area contributed by atoms with E-state index in [1.54, 1.807) is 23.5 Å². The maximum atomic E-state index is 12.9. The Hall–Kier alpha value is -1.91. The van der Waals surface area contributed by atoms with Gasteiger partial charge in [-0.3, -0.25) is 0 Å². The van der Waals surface area contributed by atoms with Gasteiger partial charge in [-0.05, 0) is 49.1 Å². The van der Waals surface area contributed by atoms with Crippen LogP contribution in [0.15, 0.2) is 70.1 Å². The number of aryl methyl sites for hydroxylation is 1. The number of rotatable bonds is 4. The van der Waals surface area contributed by atoms with Crippen molar-refractivity contribution in [2.75, 3.05) is 13.1 Å². The minimum Gasteiger partial charge on any atom is -0.207 e. The zero-order chi connectivity index (χ0) is 18.0. The van der Waals surface area contributed by atoms with Crippen molar-refractivity contribution in [3.8, 4) is 0 Å². The number of hydrogen-bond donors (Lipinski definition) is 0. The lowest BCUT2D eigenvalue weighted by Crippen LogP contribution is -2.29. The van der Waals surface area contributed by atoms with Crippen molar-refractivity contribution < 1.29 is 8.42 Å². The zero-order valence-corrected chi connectivity index (χ0v) is 16.0. The molecule has 25 heavy (non-hydrogen) atoms. The summed E-state index contributed by atoms with van der Waals surface area (Å²) in [5.74, 6) is 0.0106. The van der Waals surface area contributed by atoms with E-state index < -0.39 is 10.0 Å². The predicted molar refractivity (Wildman–Crippen MR) is 104 cm³/mol. The summed E-state index contributed by atoms with van der Waals surface area (Å²) in [6.07, 6.45) is 1.93. The third-order valence-electron chi connectivity index (χ3n) is 4.35.